The molecule has 0 unspecified atom stereocenters. The summed E-state index contributed by atoms with van der Waals surface area (Å²) < 4.78 is 1.96. The summed E-state index contributed by atoms with van der Waals surface area (Å²) in [6, 6.07) is 16.1. The molecule has 1 heterocycles. The van der Waals surface area contributed by atoms with Crippen LogP contribution in [-0.4, -0.2) is 14.9 Å². The molecule has 0 bridgehead atoms. The predicted octanol–water partition coefficient (Wildman–Crippen LogP) is 5.57. The molecule has 0 amide bonds. The SMILES string of the molecule is CCc1ccc(NC(=S)Nc2c(C)nn(Cc3cccc(Cl)c3)c2C)cc1. The lowest BCUT2D eigenvalue weighted by Crippen LogP contribution is -2.20. The van der Waals surface area contributed by atoms with E-state index >= 15 is 0 Å². The summed E-state index contributed by atoms with van der Waals surface area (Å²) in [4.78, 5) is 0. The van der Waals surface area contributed by atoms with Crippen LogP contribution in [0.5, 0.6) is 0 Å². The lowest BCUT2D eigenvalue weighted by molar-refractivity contribution is 0.659. The molecule has 2 N–H and O–H groups in total. The molecule has 1 aromatic heterocycles. The normalized spacial score (nSPS) is 10.7. The highest BCUT2D eigenvalue weighted by molar-refractivity contribution is 7.80. The highest BCUT2D eigenvalue weighted by Crippen LogP contribution is 2.22. The molecule has 4 nitrogen and oxygen atoms in total. The third-order valence-electron chi connectivity index (χ3n) is 4.46. The number of rotatable bonds is 5. The quantitative estimate of drug-likeness (QED) is 0.551. The second kappa shape index (κ2) is 8.55. The molecule has 6 heteroatoms. The zero-order valence-electron chi connectivity index (χ0n) is 15.7. The van der Waals surface area contributed by atoms with Crippen LogP contribution in [0.2, 0.25) is 5.02 Å². The van der Waals surface area contributed by atoms with Gasteiger partial charge in [0.1, 0.15) is 0 Å². The Labute approximate surface area is 170 Å². The van der Waals surface area contributed by atoms with E-state index in [1.165, 1.54) is 5.56 Å². The summed E-state index contributed by atoms with van der Waals surface area (Å²) in [5.41, 5.74) is 6.23. The first-order chi connectivity index (χ1) is 13.0. The minimum absolute atomic E-state index is 0.549. The topological polar surface area (TPSA) is 41.9 Å². The van der Waals surface area contributed by atoms with Crippen molar-refractivity contribution in [3.05, 3.63) is 76.1 Å². The van der Waals surface area contributed by atoms with Crippen LogP contribution in [0.3, 0.4) is 0 Å². The number of benzene rings is 2. The summed E-state index contributed by atoms with van der Waals surface area (Å²) in [5.74, 6) is 0. The van der Waals surface area contributed by atoms with Gasteiger partial charge >= 0.3 is 0 Å². The molecule has 0 aliphatic heterocycles. The molecule has 0 aliphatic rings. The number of aryl methyl sites for hydroxylation is 2. The first kappa shape index (κ1) is 19.4. The zero-order valence-corrected chi connectivity index (χ0v) is 17.3. The Balaban J connectivity index is 1.71. The second-order valence-electron chi connectivity index (χ2n) is 6.46. The minimum Gasteiger partial charge on any atom is -0.332 e. The molecule has 3 aromatic rings. The summed E-state index contributed by atoms with van der Waals surface area (Å²) in [7, 11) is 0. The predicted molar refractivity (Wildman–Crippen MR) is 118 cm³/mol. The van der Waals surface area contributed by atoms with Crippen LogP contribution in [0, 0.1) is 13.8 Å². The zero-order chi connectivity index (χ0) is 19.4. The third-order valence-corrected chi connectivity index (χ3v) is 4.90. The van der Waals surface area contributed by atoms with Gasteiger partial charge in [0.25, 0.3) is 0 Å². The van der Waals surface area contributed by atoms with Crippen LogP contribution in [0.1, 0.15) is 29.4 Å². The Kier molecular flexibility index (Phi) is 6.14. The summed E-state index contributed by atoms with van der Waals surface area (Å²) >= 11 is 11.6. The van der Waals surface area contributed by atoms with Gasteiger partial charge in [-0.05, 0) is 67.9 Å². The fraction of sp³-hybridized carbons (Fsp3) is 0.238. The van der Waals surface area contributed by atoms with E-state index in [1.54, 1.807) is 0 Å². The Hall–Kier alpha value is -2.37. The molecule has 0 saturated carbocycles. The van der Waals surface area contributed by atoms with Crippen LogP contribution < -0.4 is 10.6 Å². The number of hydrogen-bond acceptors (Lipinski definition) is 2. The molecular weight excluding hydrogens is 376 g/mol. The number of halogens is 1. The van der Waals surface area contributed by atoms with Gasteiger partial charge < -0.3 is 10.6 Å². The Bertz CT molecular complexity index is 947. The number of anilines is 2. The van der Waals surface area contributed by atoms with Gasteiger partial charge in [-0.15, -0.1) is 0 Å². The van der Waals surface area contributed by atoms with Crippen molar-refractivity contribution in [3.63, 3.8) is 0 Å². The highest BCUT2D eigenvalue weighted by Gasteiger charge is 2.13. The standard InChI is InChI=1S/C21H23ClN4S/c1-4-16-8-10-19(11-9-16)23-21(27)24-20-14(2)25-26(15(20)3)13-17-6-5-7-18(22)12-17/h5-12H,4,13H2,1-3H3,(H2,23,24,27). The molecule has 2 aromatic carbocycles. The molecule has 0 radical (unpaired) electrons. The molecule has 0 saturated heterocycles. The largest absolute Gasteiger partial charge is 0.332 e. The fourth-order valence-corrected chi connectivity index (χ4v) is 3.37. The van der Waals surface area contributed by atoms with Crippen LogP contribution in [0.4, 0.5) is 11.4 Å². The maximum absolute atomic E-state index is 6.08. The van der Waals surface area contributed by atoms with Crippen LogP contribution in [0.15, 0.2) is 48.5 Å². The minimum atomic E-state index is 0.549. The molecule has 3 rings (SSSR count). The van der Waals surface area contributed by atoms with Crippen molar-refractivity contribution >= 4 is 40.3 Å². The van der Waals surface area contributed by atoms with E-state index < -0.39 is 0 Å². The van der Waals surface area contributed by atoms with Crippen LogP contribution in [0.25, 0.3) is 0 Å². The van der Waals surface area contributed by atoms with Gasteiger partial charge in [-0.3, -0.25) is 4.68 Å². The number of nitrogens with zero attached hydrogens (tertiary/aromatic N) is 2. The van der Waals surface area contributed by atoms with E-state index in [4.69, 9.17) is 23.8 Å². The fourth-order valence-electron chi connectivity index (χ4n) is 2.94. The first-order valence-electron chi connectivity index (χ1n) is 8.91. The van der Waals surface area contributed by atoms with Gasteiger partial charge in [-0.2, -0.15) is 5.10 Å². The summed E-state index contributed by atoms with van der Waals surface area (Å²) in [6.07, 6.45) is 1.02. The lowest BCUT2D eigenvalue weighted by atomic mass is 10.1. The molecule has 140 valence electrons. The second-order valence-corrected chi connectivity index (χ2v) is 7.31. The van der Waals surface area contributed by atoms with E-state index in [9.17, 15) is 0 Å². The average molecular weight is 399 g/mol. The van der Waals surface area contributed by atoms with Gasteiger partial charge in [0.2, 0.25) is 0 Å². The van der Waals surface area contributed by atoms with E-state index in [1.807, 2.05) is 54.9 Å². The van der Waals surface area contributed by atoms with E-state index in [0.29, 0.717) is 11.7 Å². The average Bonchev–Trinajstić information content (AvgIpc) is 2.90. The molecular formula is C21H23ClN4S. The van der Waals surface area contributed by atoms with Crippen molar-refractivity contribution in [1.29, 1.82) is 0 Å². The number of hydrogen-bond donors (Lipinski definition) is 2. The molecule has 0 fully saturated rings. The van der Waals surface area contributed by atoms with Gasteiger partial charge in [0.15, 0.2) is 5.11 Å². The van der Waals surface area contributed by atoms with Gasteiger partial charge in [0.05, 0.1) is 23.6 Å². The van der Waals surface area contributed by atoms with Gasteiger partial charge in [-0.25, -0.2) is 0 Å². The lowest BCUT2D eigenvalue weighted by Gasteiger charge is -2.12. The highest BCUT2D eigenvalue weighted by atomic mass is 35.5. The Morgan fingerprint density at radius 1 is 1.07 bits per heavy atom. The summed E-state index contributed by atoms with van der Waals surface area (Å²) in [6.45, 7) is 6.81. The number of aromatic nitrogens is 2. The van der Waals surface area contributed by atoms with Crippen molar-refractivity contribution in [2.24, 2.45) is 0 Å². The monoisotopic (exact) mass is 398 g/mol. The van der Waals surface area contributed by atoms with E-state index in [2.05, 4.69) is 34.8 Å². The van der Waals surface area contributed by atoms with Crippen LogP contribution >= 0.6 is 23.8 Å². The number of thiocarbonyl (C=S) groups is 1. The van der Waals surface area contributed by atoms with Crippen molar-refractivity contribution in [2.45, 2.75) is 33.7 Å². The van der Waals surface area contributed by atoms with Crippen molar-refractivity contribution in [3.8, 4) is 0 Å². The van der Waals surface area contributed by atoms with Crippen molar-refractivity contribution in [2.75, 3.05) is 10.6 Å². The first-order valence-corrected chi connectivity index (χ1v) is 9.70. The number of nitrogens with one attached hydrogen (secondary N) is 2. The smallest absolute Gasteiger partial charge is 0.175 e. The molecule has 0 atom stereocenters. The molecule has 0 spiro atoms. The van der Waals surface area contributed by atoms with Crippen molar-refractivity contribution in [1.82, 2.24) is 9.78 Å². The Morgan fingerprint density at radius 3 is 2.48 bits per heavy atom. The molecule has 0 aliphatic carbocycles. The maximum atomic E-state index is 6.08. The van der Waals surface area contributed by atoms with Crippen LogP contribution in [-0.2, 0) is 13.0 Å². The molecule has 27 heavy (non-hydrogen) atoms. The Morgan fingerprint density at radius 2 is 1.81 bits per heavy atom. The van der Waals surface area contributed by atoms with Gasteiger partial charge in [0, 0.05) is 10.7 Å². The van der Waals surface area contributed by atoms with Crippen molar-refractivity contribution < 1.29 is 0 Å². The van der Waals surface area contributed by atoms with Gasteiger partial charge in [-0.1, -0.05) is 42.8 Å². The van der Waals surface area contributed by atoms with E-state index in [-0.39, 0.29) is 0 Å². The third kappa shape index (κ3) is 4.87. The van der Waals surface area contributed by atoms with E-state index in [0.717, 1.165) is 39.8 Å². The maximum Gasteiger partial charge on any atom is 0.175 e. The summed E-state index contributed by atoms with van der Waals surface area (Å²) in [5, 5.41) is 12.4.